The summed E-state index contributed by atoms with van der Waals surface area (Å²) in [5.41, 5.74) is 0.348. The Morgan fingerprint density at radius 2 is 2.28 bits per heavy atom. The Hall–Kier alpha value is -1.49. The Morgan fingerprint density at radius 3 is 3.00 bits per heavy atom. The standard InChI is InChI=1S/C13H12BrFN2O/c1-2-17-6-5-16-13(17)8-12(18)10-7-9(15)3-4-11(10)14/h3-7H,2,8H2,1H3. The monoisotopic (exact) mass is 310 g/mol. The summed E-state index contributed by atoms with van der Waals surface area (Å²) < 4.78 is 15.6. The molecule has 0 aliphatic rings. The van der Waals surface area contributed by atoms with E-state index in [-0.39, 0.29) is 12.2 Å². The lowest BCUT2D eigenvalue weighted by atomic mass is 10.1. The van der Waals surface area contributed by atoms with Crippen molar-refractivity contribution >= 4 is 21.7 Å². The number of imidazole rings is 1. The maximum atomic E-state index is 13.1. The van der Waals surface area contributed by atoms with Gasteiger partial charge in [0.25, 0.3) is 0 Å². The van der Waals surface area contributed by atoms with Crippen LogP contribution in [-0.4, -0.2) is 15.3 Å². The molecule has 0 N–H and O–H groups in total. The van der Waals surface area contributed by atoms with Crippen LogP contribution >= 0.6 is 15.9 Å². The van der Waals surface area contributed by atoms with Gasteiger partial charge in [-0.3, -0.25) is 4.79 Å². The highest BCUT2D eigenvalue weighted by Gasteiger charge is 2.14. The number of aryl methyl sites for hydroxylation is 1. The van der Waals surface area contributed by atoms with Gasteiger partial charge in [0.05, 0.1) is 6.42 Å². The number of carbonyl (C=O) groups is 1. The molecule has 0 unspecified atom stereocenters. The van der Waals surface area contributed by atoms with Crippen LogP contribution in [0.15, 0.2) is 35.1 Å². The second-order valence-corrected chi connectivity index (χ2v) is 4.71. The molecule has 18 heavy (non-hydrogen) atoms. The summed E-state index contributed by atoms with van der Waals surface area (Å²) in [5.74, 6) is 0.126. The zero-order valence-corrected chi connectivity index (χ0v) is 11.4. The van der Waals surface area contributed by atoms with Crippen molar-refractivity contribution in [2.24, 2.45) is 0 Å². The van der Waals surface area contributed by atoms with Crippen LogP contribution < -0.4 is 0 Å². The minimum absolute atomic E-state index is 0.151. The highest BCUT2D eigenvalue weighted by atomic mass is 79.9. The quantitative estimate of drug-likeness (QED) is 0.813. The molecule has 0 aliphatic carbocycles. The number of benzene rings is 1. The van der Waals surface area contributed by atoms with Gasteiger partial charge < -0.3 is 4.57 Å². The van der Waals surface area contributed by atoms with Crippen LogP contribution in [0.3, 0.4) is 0 Å². The Kier molecular flexibility index (Phi) is 3.91. The number of halogens is 2. The zero-order valence-electron chi connectivity index (χ0n) is 9.86. The van der Waals surface area contributed by atoms with Gasteiger partial charge in [-0.1, -0.05) is 15.9 Å². The molecule has 2 aromatic rings. The molecular weight excluding hydrogens is 299 g/mol. The summed E-state index contributed by atoms with van der Waals surface area (Å²) in [4.78, 5) is 16.2. The summed E-state index contributed by atoms with van der Waals surface area (Å²) in [6, 6.07) is 4.09. The van der Waals surface area contributed by atoms with Crippen molar-refractivity contribution < 1.29 is 9.18 Å². The number of aromatic nitrogens is 2. The molecule has 0 spiro atoms. The number of rotatable bonds is 4. The average Bonchev–Trinajstić information content (AvgIpc) is 2.79. The third-order valence-corrected chi connectivity index (χ3v) is 3.38. The first-order valence-electron chi connectivity index (χ1n) is 5.60. The van der Waals surface area contributed by atoms with E-state index in [4.69, 9.17) is 0 Å². The predicted octanol–water partition coefficient (Wildman–Crippen LogP) is 3.23. The topological polar surface area (TPSA) is 34.9 Å². The fourth-order valence-electron chi connectivity index (χ4n) is 1.75. The van der Waals surface area contributed by atoms with Gasteiger partial charge in [0.15, 0.2) is 5.78 Å². The summed E-state index contributed by atoms with van der Waals surface area (Å²) in [5, 5.41) is 0. The second-order valence-electron chi connectivity index (χ2n) is 3.85. The zero-order chi connectivity index (χ0) is 13.1. The summed E-state index contributed by atoms with van der Waals surface area (Å²) >= 11 is 3.26. The Balaban J connectivity index is 2.25. The van der Waals surface area contributed by atoms with Crippen molar-refractivity contribution in [3.05, 3.63) is 52.3 Å². The van der Waals surface area contributed by atoms with E-state index in [9.17, 15) is 9.18 Å². The molecule has 3 nitrogen and oxygen atoms in total. The molecule has 0 amide bonds. The molecule has 0 radical (unpaired) electrons. The molecular formula is C13H12BrFN2O. The Bertz CT molecular complexity index is 580. The number of ketones is 1. The molecule has 0 bridgehead atoms. The maximum absolute atomic E-state index is 13.1. The van der Waals surface area contributed by atoms with Crippen LogP contribution in [0.2, 0.25) is 0 Å². The maximum Gasteiger partial charge on any atom is 0.171 e. The molecule has 0 saturated carbocycles. The molecule has 1 aromatic carbocycles. The number of hydrogen-bond donors (Lipinski definition) is 0. The molecule has 5 heteroatoms. The van der Waals surface area contributed by atoms with E-state index >= 15 is 0 Å². The van der Waals surface area contributed by atoms with Crippen LogP contribution in [0, 0.1) is 5.82 Å². The first kappa shape index (κ1) is 13.0. The van der Waals surface area contributed by atoms with Crippen LogP contribution in [0.4, 0.5) is 4.39 Å². The predicted molar refractivity (Wildman–Crippen MR) is 70.0 cm³/mol. The van der Waals surface area contributed by atoms with E-state index in [2.05, 4.69) is 20.9 Å². The molecule has 94 valence electrons. The first-order valence-corrected chi connectivity index (χ1v) is 6.39. The van der Waals surface area contributed by atoms with Crippen molar-refractivity contribution in [2.45, 2.75) is 19.9 Å². The molecule has 0 fully saturated rings. The summed E-state index contributed by atoms with van der Waals surface area (Å²) in [6.07, 6.45) is 3.65. The molecule has 0 saturated heterocycles. The minimum atomic E-state index is -0.416. The fraction of sp³-hybridized carbons (Fsp3) is 0.231. The van der Waals surface area contributed by atoms with Crippen LogP contribution in [-0.2, 0) is 13.0 Å². The third kappa shape index (κ3) is 2.67. The lowest BCUT2D eigenvalue weighted by Gasteiger charge is -2.06. The van der Waals surface area contributed by atoms with Crippen molar-refractivity contribution in [3.8, 4) is 0 Å². The largest absolute Gasteiger partial charge is 0.335 e. The molecule has 2 rings (SSSR count). The van der Waals surface area contributed by atoms with Gasteiger partial charge in [-0.05, 0) is 25.1 Å². The van der Waals surface area contributed by atoms with Crippen LogP contribution in [0.1, 0.15) is 23.1 Å². The van der Waals surface area contributed by atoms with Gasteiger partial charge in [-0.2, -0.15) is 0 Å². The van der Waals surface area contributed by atoms with Crippen molar-refractivity contribution in [2.75, 3.05) is 0 Å². The van der Waals surface area contributed by atoms with Gasteiger partial charge in [-0.15, -0.1) is 0 Å². The number of Topliss-reactive ketones (excluding diaryl/α,β-unsaturated/α-hetero) is 1. The van der Waals surface area contributed by atoms with Crippen LogP contribution in [0.5, 0.6) is 0 Å². The average molecular weight is 311 g/mol. The van der Waals surface area contributed by atoms with Gasteiger partial charge in [0.1, 0.15) is 11.6 Å². The lowest BCUT2D eigenvalue weighted by Crippen LogP contribution is -2.10. The van der Waals surface area contributed by atoms with E-state index in [1.54, 1.807) is 6.20 Å². The second kappa shape index (κ2) is 5.44. The van der Waals surface area contributed by atoms with Crippen molar-refractivity contribution in [1.82, 2.24) is 9.55 Å². The summed E-state index contributed by atoms with van der Waals surface area (Å²) in [7, 11) is 0. The van der Waals surface area contributed by atoms with Gasteiger partial charge >= 0.3 is 0 Å². The number of nitrogens with zero attached hydrogens (tertiary/aromatic N) is 2. The minimum Gasteiger partial charge on any atom is -0.335 e. The molecule has 0 aliphatic heterocycles. The smallest absolute Gasteiger partial charge is 0.171 e. The lowest BCUT2D eigenvalue weighted by molar-refractivity contribution is 0.0988. The SMILES string of the molecule is CCn1ccnc1CC(=O)c1cc(F)ccc1Br. The summed E-state index contributed by atoms with van der Waals surface area (Å²) in [6.45, 7) is 2.74. The Labute approximate surface area is 113 Å². The van der Waals surface area contributed by atoms with Crippen LogP contribution in [0.25, 0.3) is 0 Å². The van der Waals surface area contributed by atoms with Gasteiger partial charge in [0.2, 0.25) is 0 Å². The van der Waals surface area contributed by atoms with Crippen molar-refractivity contribution in [1.29, 1.82) is 0 Å². The highest BCUT2D eigenvalue weighted by molar-refractivity contribution is 9.10. The molecule has 1 heterocycles. The van der Waals surface area contributed by atoms with E-state index in [0.29, 0.717) is 15.9 Å². The molecule has 0 atom stereocenters. The van der Waals surface area contributed by atoms with Gasteiger partial charge in [0, 0.05) is 29.0 Å². The molecule has 1 aromatic heterocycles. The number of hydrogen-bond acceptors (Lipinski definition) is 2. The fourth-order valence-corrected chi connectivity index (χ4v) is 2.21. The van der Waals surface area contributed by atoms with E-state index in [0.717, 1.165) is 6.54 Å². The van der Waals surface area contributed by atoms with Gasteiger partial charge in [-0.25, -0.2) is 9.37 Å². The van der Waals surface area contributed by atoms with Crippen molar-refractivity contribution in [3.63, 3.8) is 0 Å². The number of carbonyl (C=O) groups excluding carboxylic acids is 1. The normalized spacial score (nSPS) is 10.6. The Morgan fingerprint density at radius 1 is 1.50 bits per heavy atom. The van der Waals surface area contributed by atoms with E-state index < -0.39 is 5.82 Å². The van der Waals surface area contributed by atoms with E-state index in [1.807, 2.05) is 17.7 Å². The third-order valence-electron chi connectivity index (χ3n) is 2.69. The first-order chi connectivity index (χ1) is 8.61. The highest BCUT2D eigenvalue weighted by Crippen LogP contribution is 2.19. The van der Waals surface area contributed by atoms with E-state index in [1.165, 1.54) is 18.2 Å².